The number of carbonyl (C=O) groups is 2. The molecule has 128 valence electrons. The van der Waals surface area contributed by atoms with Crippen LogP contribution in [-0.2, 0) is 16.1 Å². The van der Waals surface area contributed by atoms with Gasteiger partial charge in [0, 0.05) is 39.4 Å². The average molecular weight is 343 g/mol. The Morgan fingerprint density at radius 3 is 2.83 bits per heavy atom. The molecule has 0 bridgehead atoms. The van der Waals surface area contributed by atoms with E-state index in [4.69, 9.17) is 4.74 Å². The van der Waals surface area contributed by atoms with Crippen LogP contribution >= 0.6 is 12.4 Å². The lowest BCUT2D eigenvalue weighted by Crippen LogP contribution is -2.47. The summed E-state index contributed by atoms with van der Waals surface area (Å²) in [5, 5.41) is 8.73. The van der Waals surface area contributed by atoms with E-state index in [2.05, 4.69) is 16.0 Å². The van der Waals surface area contributed by atoms with E-state index in [0.29, 0.717) is 25.4 Å². The molecule has 0 radical (unpaired) electrons. The fourth-order valence-electron chi connectivity index (χ4n) is 2.03. The molecule has 3 amide bonds. The molecule has 8 heteroatoms. The molecule has 0 aliphatic carbocycles. The second-order valence-electron chi connectivity index (χ2n) is 5.31. The second-order valence-corrected chi connectivity index (χ2v) is 5.31. The molecule has 0 aromatic heterocycles. The van der Waals surface area contributed by atoms with Gasteiger partial charge in [-0.15, -0.1) is 12.4 Å². The van der Waals surface area contributed by atoms with Crippen molar-refractivity contribution in [3.63, 3.8) is 0 Å². The van der Waals surface area contributed by atoms with E-state index >= 15 is 0 Å². The summed E-state index contributed by atoms with van der Waals surface area (Å²) in [5.41, 5.74) is 1.61. The number of hydrogen-bond acceptors (Lipinski definition) is 4. The van der Waals surface area contributed by atoms with Gasteiger partial charge in [-0.25, -0.2) is 4.79 Å². The fraction of sp³-hybridized carbons (Fsp3) is 0.467. The van der Waals surface area contributed by atoms with Crippen LogP contribution in [0.25, 0.3) is 0 Å². The minimum absolute atomic E-state index is 0. The number of halogens is 1. The van der Waals surface area contributed by atoms with Gasteiger partial charge in [0.05, 0.1) is 6.61 Å². The number of anilines is 1. The molecular formula is C15H23ClN4O3. The van der Waals surface area contributed by atoms with E-state index in [1.54, 1.807) is 20.2 Å². The standard InChI is InChI=1S/C15H22N4O3.ClH/c1-19(2)15(21)18-12-5-3-4-11(8-12)9-17-14(20)13-10-16-6-7-22-13;/h3-5,8,13,16H,6-7,9-10H2,1-2H3,(H,17,20)(H,18,21);1H. The lowest BCUT2D eigenvalue weighted by Gasteiger charge is -2.22. The van der Waals surface area contributed by atoms with Gasteiger partial charge in [0.2, 0.25) is 0 Å². The molecule has 1 aromatic rings. The Hall–Kier alpha value is -1.83. The first-order chi connectivity index (χ1) is 10.6. The number of carbonyl (C=O) groups excluding carboxylic acids is 2. The van der Waals surface area contributed by atoms with Gasteiger partial charge in [-0.2, -0.15) is 0 Å². The average Bonchev–Trinajstić information content (AvgIpc) is 2.53. The van der Waals surface area contributed by atoms with Crippen molar-refractivity contribution < 1.29 is 14.3 Å². The number of amides is 3. The number of rotatable bonds is 4. The Kier molecular flexibility index (Phi) is 7.80. The molecule has 0 saturated carbocycles. The van der Waals surface area contributed by atoms with Gasteiger partial charge >= 0.3 is 6.03 Å². The molecule has 1 aliphatic rings. The van der Waals surface area contributed by atoms with E-state index in [9.17, 15) is 9.59 Å². The van der Waals surface area contributed by atoms with Gasteiger partial charge in [0.15, 0.2) is 0 Å². The van der Waals surface area contributed by atoms with Gasteiger partial charge in [-0.3, -0.25) is 4.79 Å². The SMILES string of the molecule is CN(C)C(=O)Nc1cccc(CNC(=O)C2CNCCO2)c1.Cl. The molecule has 1 atom stereocenters. The number of benzene rings is 1. The zero-order chi connectivity index (χ0) is 15.9. The summed E-state index contributed by atoms with van der Waals surface area (Å²) in [4.78, 5) is 25.0. The summed E-state index contributed by atoms with van der Waals surface area (Å²) in [6, 6.07) is 7.18. The van der Waals surface area contributed by atoms with Crippen molar-refractivity contribution in [2.45, 2.75) is 12.6 Å². The Labute approximate surface area is 142 Å². The van der Waals surface area contributed by atoms with Crippen molar-refractivity contribution in [3.05, 3.63) is 29.8 Å². The Bertz CT molecular complexity index is 533. The van der Waals surface area contributed by atoms with E-state index in [1.165, 1.54) is 4.90 Å². The van der Waals surface area contributed by atoms with E-state index in [-0.39, 0.29) is 24.3 Å². The monoisotopic (exact) mass is 342 g/mol. The number of hydrogen-bond donors (Lipinski definition) is 3. The highest BCUT2D eigenvalue weighted by Gasteiger charge is 2.21. The van der Waals surface area contributed by atoms with Crippen LogP contribution in [-0.4, -0.2) is 56.7 Å². The zero-order valence-electron chi connectivity index (χ0n) is 13.3. The first-order valence-electron chi connectivity index (χ1n) is 7.23. The van der Waals surface area contributed by atoms with Crippen LogP contribution < -0.4 is 16.0 Å². The third kappa shape index (κ3) is 6.05. The highest BCUT2D eigenvalue weighted by Crippen LogP contribution is 2.11. The second kappa shape index (κ2) is 9.34. The van der Waals surface area contributed by atoms with Crippen LogP contribution in [0.5, 0.6) is 0 Å². The largest absolute Gasteiger partial charge is 0.366 e. The third-order valence-electron chi connectivity index (χ3n) is 3.27. The number of nitrogens with one attached hydrogen (secondary N) is 3. The van der Waals surface area contributed by atoms with Crippen molar-refractivity contribution in [1.29, 1.82) is 0 Å². The Morgan fingerprint density at radius 2 is 2.17 bits per heavy atom. The van der Waals surface area contributed by atoms with E-state index in [1.807, 2.05) is 18.2 Å². The maximum atomic E-state index is 12.0. The predicted molar refractivity (Wildman–Crippen MR) is 90.9 cm³/mol. The van der Waals surface area contributed by atoms with Crippen LogP contribution in [0.15, 0.2) is 24.3 Å². The van der Waals surface area contributed by atoms with Gasteiger partial charge < -0.3 is 25.6 Å². The van der Waals surface area contributed by atoms with Crippen LogP contribution in [0, 0.1) is 0 Å². The molecule has 23 heavy (non-hydrogen) atoms. The third-order valence-corrected chi connectivity index (χ3v) is 3.27. The molecule has 2 rings (SSSR count). The van der Waals surface area contributed by atoms with Gasteiger partial charge in [-0.05, 0) is 17.7 Å². The summed E-state index contributed by atoms with van der Waals surface area (Å²) in [5.74, 6) is -0.130. The van der Waals surface area contributed by atoms with E-state index in [0.717, 1.165) is 12.1 Å². The van der Waals surface area contributed by atoms with Crippen molar-refractivity contribution in [2.24, 2.45) is 0 Å². The van der Waals surface area contributed by atoms with Crippen molar-refractivity contribution >= 4 is 30.0 Å². The fourth-order valence-corrected chi connectivity index (χ4v) is 2.03. The van der Waals surface area contributed by atoms with Crippen molar-refractivity contribution in [1.82, 2.24) is 15.5 Å². The van der Waals surface area contributed by atoms with Gasteiger partial charge in [0.1, 0.15) is 6.10 Å². The van der Waals surface area contributed by atoms with Gasteiger partial charge in [-0.1, -0.05) is 12.1 Å². The number of nitrogens with zero attached hydrogens (tertiary/aromatic N) is 1. The molecule has 1 heterocycles. The van der Waals surface area contributed by atoms with Crippen LogP contribution in [0.3, 0.4) is 0 Å². The minimum Gasteiger partial charge on any atom is -0.366 e. The van der Waals surface area contributed by atoms with Crippen LogP contribution in [0.1, 0.15) is 5.56 Å². The topological polar surface area (TPSA) is 82.7 Å². The summed E-state index contributed by atoms with van der Waals surface area (Å²) in [6.45, 7) is 2.25. The quantitative estimate of drug-likeness (QED) is 0.756. The predicted octanol–water partition coefficient (Wildman–Crippen LogP) is 0.807. The summed E-state index contributed by atoms with van der Waals surface area (Å²) >= 11 is 0. The summed E-state index contributed by atoms with van der Waals surface area (Å²) in [6.07, 6.45) is -0.439. The van der Waals surface area contributed by atoms with Crippen LogP contribution in [0.4, 0.5) is 10.5 Å². The lowest BCUT2D eigenvalue weighted by atomic mass is 10.2. The zero-order valence-corrected chi connectivity index (χ0v) is 14.1. The van der Waals surface area contributed by atoms with Crippen LogP contribution in [0.2, 0.25) is 0 Å². The molecule has 1 unspecified atom stereocenters. The Morgan fingerprint density at radius 1 is 1.39 bits per heavy atom. The minimum atomic E-state index is -0.439. The van der Waals surface area contributed by atoms with Gasteiger partial charge in [0.25, 0.3) is 5.91 Å². The smallest absolute Gasteiger partial charge is 0.321 e. The molecule has 3 N–H and O–H groups in total. The number of ether oxygens (including phenoxy) is 1. The molecule has 1 saturated heterocycles. The molecule has 1 aliphatic heterocycles. The molecule has 1 aromatic carbocycles. The first kappa shape index (κ1) is 19.2. The number of urea groups is 1. The highest BCUT2D eigenvalue weighted by molar-refractivity contribution is 5.89. The maximum absolute atomic E-state index is 12.0. The maximum Gasteiger partial charge on any atom is 0.321 e. The highest BCUT2D eigenvalue weighted by atomic mass is 35.5. The van der Waals surface area contributed by atoms with Crippen molar-refractivity contribution in [2.75, 3.05) is 39.1 Å². The summed E-state index contributed by atoms with van der Waals surface area (Å²) in [7, 11) is 3.36. The molecule has 1 fully saturated rings. The molecule has 0 spiro atoms. The first-order valence-corrected chi connectivity index (χ1v) is 7.23. The normalized spacial score (nSPS) is 16.9. The number of morpholine rings is 1. The van der Waals surface area contributed by atoms with E-state index < -0.39 is 6.10 Å². The van der Waals surface area contributed by atoms with Crippen molar-refractivity contribution in [3.8, 4) is 0 Å². The summed E-state index contributed by atoms with van der Waals surface area (Å²) < 4.78 is 5.39. The Balaban J connectivity index is 0.00000264. The lowest BCUT2D eigenvalue weighted by molar-refractivity contribution is -0.134. The molecular weight excluding hydrogens is 320 g/mol. The molecule has 7 nitrogen and oxygen atoms in total.